The fraction of sp³-hybridized carbons (Fsp3) is 0.375. The summed E-state index contributed by atoms with van der Waals surface area (Å²) in [6.45, 7) is 0. The van der Waals surface area contributed by atoms with Crippen LogP contribution in [-0.4, -0.2) is 20.2 Å². The molecule has 0 aliphatic heterocycles. The summed E-state index contributed by atoms with van der Waals surface area (Å²) in [5, 5.41) is 10.5. The van der Waals surface area contributed by atoms with E-state index in [2.05, 4.69) is 9.47 Å². The molecule has 0 N–H and O–H groups in total. The van der Waals surface area contributed by atoms with Gasteiger partial charge >= 0.3 is 5.97 Å². The van der Waals surface area contributed by atoms with Crippen molar-refractivity contribution in [2.24, 2.45) is 0 Å². The van der Waals surface area contributed by atoms with Crippen molar-refractivity contribution in [2.45, 2.75) is 6.42 Å². The second-order valence-corrected chi connectivity index (χ2v) is 1.90. The molecule has 0 fully saturated rings. The van der Waals surface area contributed by atoms with Crippen LogP contribution in [0.4, 0.5) is 0 Å². The number of carbonyl (C=O) groups is 1. The van der Waals surface area contributed by atoms with Crippen molar-refractivity contribution >= 4 is 5.97 Å². The van der Waals surface area contributed by atoms with Gasteiger partial charge in [0.05, 0.1) is 19.5 Å². The monoisotopic (exact) mass is 171 g/mol. The molecule has 0 unspecified atom stereocenters. The first kappa shape index (κ1) is 10.6. The number of hydrogen-bond donors (Lipinski definition) is 0. The summed E-state index contributed by atoms with van der Waals surface area (Å²) >= 11 is 0. The van der Waals surface area contributed by atoms with Gasteiger partial charge in [-0.2, -0.15) is 0 Å². The summed E-state index contributed by atoms with van der Waals surface area (Å²) < 4.78 is 8.68. The van der Waals surface area contributed by atoms with Crippen LogP contribution in [0.1, 0.15) is 6.42 Å². The number of carbonyl (C=O) groups excluding carboxylic acids is 1. The van der Waals surface area contributed by atoms with E-state index in [0.29, 0.717) is 0 Å². The molecule has 0 rings (SSSR count). The number of ether oxygens (including phenoxy) is 2. The molecule has 0 radical (unpaired) electrons. The van der Waals surface area contributed by atoms with E-state index >= 15 is 0 Å². The van der Waals surface area contributed by atoms with Crippen LogP contribution in [0.25, 0.3) is 0 Å². The Labute approximate surface area is 71.1 Å². The van der Waals surface area contributed by atoms with Crippen molar-refractivity contribution < 1.29 is 19.4 Å². The Bertz CT molecular complexity index is 193. The fourth-order valence-electron chi connectivity index (χ4n) is 0.462. The maximum Gasteiger partial charge on any atom is 0.309 e. The van der Waals surface area contributed by atoms with E-state index in [1.165, 1.54) is 32.4 Å². The highest BCUT2D eigenvalue weighted by atomic mass is 16.6. The van der Waals surface area contributed by atoms with Crippen LogP contribution in [0.2, 0.25) is 0 Å². The predicted molar refractivity (Wildman–Crippen MR) is 40.9 cm³/mol. The second kappa shape index (κ2) is 6.27. The smallest absolute Gasteiger partial charge is 0.309 e. The molecule has 0 aromatic rings. The first-order valence-electron chi connectivity index (χ1n) is 3.35. The minimum Gasteiger partial charge on any atom is -0.617 e. The van der Waals surface area contributed by atoms with Gasteiger partial charge < -0.3 is 14.6 Å². The van der Waals surface area contributed by atoms with Crippen LogP contribution in [0, 0.1) is 0 Å². The average molecular weight is 171 g/mol. The summed E-state index contributed by atoms with van der Waals surface area (Å²) in [7, 11) is 2.59. The lowest BCUT2D eigenvalue weighted by atomic mass is 10.4. The van der Waals surface area contributed by atoms with Gasteiger partial charge in [-0.15, -0.1) is 0 Å². The van der Waals surface area contributed by atoms with Gasteiger partial charge in [0, 0.05) is 0 Å². The maximum atomic E-state index is 10.5. The van der Waals surface area contributed by atoms with E-state index < -0.39 is 5.95 Å². The largest absolute Gasteiger partial charge is 0.617 e. The standard InChI is InChI=1S/C8H12O4/c1-11-7(9)5-3-4-6-8(10)12-2/h3-5,9H,6H2,1-2H3/p-1/b4-3+,7-5+. The Kier molecular flexibility index (Phi) is 5.51. The molecule has 0 bridgehead atoms. The Morgan fingerprint density at radius 1 is 1.42 bits per heavy atom. The first-order chi connectivity index (χ1) is 5.70. The third kappa shape index (κ3) is 5.34. The van der Waals surface area contributed by atoms with Gasteiger partial charge in [0.2, 0.25) is 0 Å². The Morgan fingerprint density at radius 3 is 2.58 bits per heavy atom. The van der Waals surface area contributed by atoms with Crippen LogP contribution in [0.3, 0.4) is 0 Å². The van der Waals surface area contributed by atoms with Gasteiger partial charge in [-0.05, 0) is 13.2 Å². The van der Waals surface area contributed by atoms with Crippen LogP contribution in [0.5, 0.6) is 0 Å². The zero-order valence-electron chi connectivity index (χ0n) is 7.07. The first-order valence-corrected chi connectivity index (χ1v) is 3.35. The molecule has 12 heavy (non-hydrogen) atoms. The van der Waals surface area contributed by atoms with Gasteiger partial charge in [-0.3, -0.25) is 4.79 Å². The fourth-order valence-corrected chi connectivity index (χ4v) is 0.462. The van der Waals surface area contributed by atoms with Gasteiger partial charge in [0.1, 0.15) is 0 Å². The van der Waals surface area contributed by atoms with Crippen molar-refractivity contribution in [3.8, 4) is 0 Å². The van der Waals surface area contributed by atoms with E-state index in [0.717, 1.165) is 0 Å². The summed E-state index contributed by atoms with van der Waals surface area (Å²) in [6.07, 6.45) is 4.35. The van der Waals surface area contributed by atoms with E-state index in [-0.39, 0.29) is 12.4 Å². The molecule has 4 heteroatoms. The quantitative estimate of drug-likeness (QED) is 0.338. The zero-order valence-corrected chi connectivity index (χ0v) is 7.07. The molecule has 68 valence electrons. The van der Waals surface area contributed by atoms with Gasteiger partial charge in [-0.25, -0.2) is 0 Å². The number of methoxy groups -OCH3 is 2. The molecule has 0 heterocycles. The Balaban J connectivity index is 3.70. The van der Waals surface area contributed by atoms with Crippen molar-refractivity contribution in [1.82, 2.24) is 0 Å². The normalized spacial score (nSPS) is 11.7. The number of allylic oxidation sites excluding steroid dienone is 2. The minimum atomic E-state index is -0.448. The number of hydrogen-bond acceptors (Lipinski definition) is 4. The molecule has 0 aliphatic rings. The lowest BCUT2D eigenvalue weighted by Crippen LogP contribution is -2.04. The second-order valence-electron chi connectivity index (χ2n) is 1.90. The lowest BCUT2D eigenvalue weighted by molar-refractivity contribution is -0.353. The highest BCUT2D eigenvalue weighted by Gasteiger charge is 1.91. The van der Waals surface area contributed by atoms with E-state index in [1.54, 1.807) is 0 Å². The summed E-state index contributed by atoms with van der Waals surface area (Å²) in [5.41, 5.74) is 0. The highest BCUT2D eigenvalue weighted by molar-refractivity contribution is 5.70. The highest BCUT2D eigenvalue weighted by Crippen LogP contribution is 1.89. The third-order valence-corrected chi connectivity index (χ3v) is 1.08. The Hall–Kier alpha value is -1.45. The molecular formula is C8H11O4-. The van der Waals surface area contributed by atoms with E-state index in [9.17, 15) is 9.90 Å². The average Bonchev–Trinajstić information content (AvgIpc) is 2.11. The predicted octanol–water partition coefficient (Wildman–Crippen LogP) is -0.0462. The zero-order chi connectivity index (χ0) is 9.40. The molecule has 0 atom stereocenters. The molecular weight excluding hydrogens is 160 g/mol. The lowest BCUT2D eigenvalue weighted by Gasteiger charge is -2.05. The van der Waals surface area contributed by atoms with E-state index in [1.807, 2.05) is 0 Å². The maximum absolute atomic E-state index is 10.5. The summed E-state index contributed by atoms with van der Waals surface area (Å²) in [4.78, 5) is 10.5. The van der Waals surface area contributed by atoms with Crippen LogP contribution in [-0.2, 0) is 14.3 Å². The molecule has 0 aliphatic carbocycles. The van der Waals surface area contributed by atoms with E-state index in [4.69, 9.17) is 0 Å². The molecule has 0 aromatic heterocycles. The van der Waals surface area contributed by atoms with Gasteiger partial charge in [0.25, 0.3) is 0 Å². The molecule has 0 spiro atoms. The van der Waals surface area contributed by atoms with Crippen LogP contribution >= 0.6 is 0 Å². The van der Waals surface area contributed by atoms with Crippen LogP contribution in [0.15, 0.2) is 24.2 Å². The third-order valence-electron chi connectivity index (χ3n) is 1.08. The molecule has 0 aromatic carbocycles. The van der Waals surface area contributed by atoms with Crippen LogP contribution < -0.4 is 5.11 Å². The minimum absolute atomic E-state index is 0.157. The van der Waals surface area contributed by atoms with Crippen molar-refractivity contribution in [3.05, 3.63) is 24.2 Å². The SMILES string of the molecule is COC(=O)C/C=C/C=C(\[O-])OC. The summed E-state index contributed by atoms with van der Waals surface area (Å²) in [5.74, 6) is -0.791. The van der Waals surface area contributed by atoms with Crippen molar-refractivity contribution in [2.75, 3.05) is 14.2 Å². The Morgan fingerprint density at radius 2 is 2.08 bits per heavy atom. The van der Waals surface area contributed by atoms with Gasteiger partial charge in [-0.1, -0.05) is 12.2 Å². The molecule has 0 saturated carbocycles. The molecule has 4 nitrogen and oxygen atoms in total. The molecule has 0 amide bonds. The topological polar surface area (TPSA) is 58.6 Å². The summed E-state index contributed by atoms with van der Waals surface area (Å²) in [6, 6.07) is 0. The number of rotatable bonds is 4. The van der Waals surface area contributed by atoms with Crippen molar-refractivity contribution in [3.63, 3.8) is 0 Å². The molecule has 0 saturated heterocycles. The number of esters is 1. The van der Waals surface area contributed by atoms with Crippen molar-refractivity contribution in [1.29, 1.82) is 0 Å². The van der Waals surface area contributed by atoms with Gasteiger partial charge in [0.15, 0.2) is 0 Å².